The highest BCUT2D eigenvalue weighted by Crippen LogP contribution is 2.34. The molecule has 4 aromatic carbocycles. The highest BCUT2D eigenvalue weighted by molar-refractivity contribution is 5.79. The smallest absolute Gasteiger partial charge is 0.260 e. The molecule has 6 rings (SSSR count). The first-order valence-corrected chi connectivity index (χ1v) is 13.8. The molecule has 4 aromatic rings. The van der Waals surface area contributed by atoms with E-state index in [2.05, 4.69) is 48.5 Å². The van der Waals surface area contributed by atoms with Gasteiger partial charge in [0, 0.05) is 18.7 Å². The number of likely N-dealkylation sites (tertiary alicyclic amines) is 1. The lowest BCUT2D eigenvalue weighted by molar-refractivity contribution is -0.134. The Hall–Kier alpha value is -4.25. The number of rotatable bonds is 8. The van der Waals surface area contributed by atoms with Gasteiger partial charge in [0.1, 0.15) is 5.75 Å². The van der Waals surface area contributed by atoms with Crippen molar-refractivity contribution in [3.05, 3.63) is 103 Å². The van der Waals surface area contributed by atoms with Crippen LogP contribution < -0.4 is 14.2 Å². The van der Waals surface area contributed by atoms with Crippen molar-refractivity contribution in [2.45, 2.75) is 25.7 Å². The average Bonchev–Trinajstić information content (AvgIpc) is 3.48. The van der Waals surface area contributed by atoms with Gasteiger partial charge in [-0.2, -0.15) is 0 Å². The van der Waals surface area contributed by atoms with E-state index in [-0.39, 0.29) is 12.5 Å². The van der Waals surface area contributed by atoms with Gasteiger partial charge in [-0.15, -0.1) is 0 Å². The Morgan fingerprint density at radius 3 is 2.28 bits per heavy atom. The summed E-state index contributed by atoms with van der Waals surface area (Å²) in [6.07, 6.45) is 4.19. The van der Waals surface area contributed by atoms with E-state index >= 15 is 0 Å². The first-order chi connectivity index (χ1) is 19.2. The van der Waals surface area contributed by atoms with Crippen molar-refractivity contribution < 1.29 is 19.0 Å². The fourth-order valence-corrected chi connectivity index (χ4v) is 5.47. The molecule has 2 heterocycles. The molecule has 0 saturated carbocycles. The van der Waals surface area contributed by atoms with Crippen LogP contribution in [0, 0.1) is 5.92 Å². The number of benzene rings is 4. The second kappa shape index (κ2) is 11.6. The number of carbonyl (C=O) groups is 1. The maximum absolute atomic E-state index is 13.0. The predicted molar refractivity (Wildman–Crippen MR) is 153 cm³/mol. The molecule has 198 valence electrons. The molecular weight excluding hydrogens is 486 g/mol. The van der Waals surface area contributed by atoms with Gasteiger partial charge in [0.15, 0.2) is 18.1 Å². The van der Waals surface area contributed by atoms with E-state index in [0.29, 0.717) is 12.7 Å². The van der Waals surface area contributed by atoms with Crippen molar-refractivity contribution in [2.75, 3.05) is 26.5 Å². The van der Waals surface area contributed by atoms with Gasteiger partial charge in [-0.1, -0.05) is 78.9 Å². The second-order valence-electron chi connectivity index (χ2n) is 10.3. The first kappa shape index (κ1) is 25.1. The van der Waals surface area contributed by atoms with Gasteiger partial charge in [-0.25, -0.2) is 0 Å². The van der Waals surface area contributed by atoms with E-state index < -0.39 is 0 Å². The number of fused-ring (bicyclic) bond motifs is 1. The summed E-state index contributed by atoms with van der Waals surface area (Å²) in [5.74, 6) is 3.09. The summed E-state index contributed by atoms with van der Waals surface area (Å²) in [4.78, 5) is 14.9. The zero-order chi connectivity index (χ0) is 26.4. The van der Waals surface area contributed by atoms with Crippen molar-refractivity contribution in [3.63, 3.8) is 0 Å². The number of amides is 1. The SMILES string of the molecule is O=C(COc1ccccc1-c1ccc(-c2ccccc2)cc1)N1CCC(CCc2ccc3c(c2)OCO3)CC1. The number of hydrogen-bond acceptors (Lipinski definition) is 4. The van der Waals surface area contributed by atoms with E-state index in [1.54, 1.807) is 0 Å². The largest absolute Gasteiger partial charge is 0.483 e. The summed E-state index contributed by atoms with van der Waals surface area (Å²) in [5, 5.41) is 0. The van der Waals surface area contributed by atoms with Crippen LogP contribution in [-0.4, -0.2) is 37.3 Å². The van der Waals surface area contributed by atoms with Crippen LogP contribution >= 0.6 is 0 Å². The summed E-state index contributed by atoms with van der Waals surface area (Å²) < 4.78 is 17.0. The van der Waals surface area contributed by atoms with Crippen LogP contribution in [0.1, 0.15) is 24.8 Å². The van der Waals surface area contributed by atoms with E-state index in [4.69, 9.17) is 14.2 Å². The third-order valence-corrected chi connectivity index (χ3v) is 7.79. The normalized spacial score (nSPS) is 14.8. The number of piperidine rings is 1. The Labute approximate surface area is 230 Å². The number of ether oxygens (including phenoxy) is 3. The third kappa shape index (κ3) is 5.93. The molecule has 5 nitrogen and oxygen atoms in total. The van der Waals surface area contributed by atoms with Crippen molar-refractivity contribution in [1.82, 2.24) is 4.90 Å². The van der Waals surface area contributed by atoms with E-state index in [1.807, 2.05) is 53.4 Å². The molecule has 0 N–H and O–H groups in total. The molecule has 0 radical (unpaired) electrons. The van der Waals surface area contributed by atoms with Crippen LogP contribution in [0.15, 0.2) is 97.1 Å². The number of carbonyl (C=O) groups excluding carboxylic acids is 1. The Bertz CT molecular complexity index is 1410. The molecular formula is C34H33NO4. The molecule has 1 amide bonds. The van der Waals surface area contributed by atoms with Gasteiger partial charge in [-0.3, -0.25) is 4.79 Å². The fraction of sp³-hybridized carbons (Fsp3) is 0.265. The fourth-order valence-electron chi connectivity index (χ4n) is 5.47. The Kier molecular flexibility index (Phi) is 7.48. The minimum atomic E-state index is 0.0541. The zero-order valence-corrected chi connectivity index (χ0v) is 22.1. The van der Waals surface area contributed by atoms with Crippen LogP contribution in [0.2, 0.25) is 0 Å². The number of para-hydroxylation sites is 1. The van der Waals surface area contributed by atoms with Crippen LogP contribution in [-0.2, 0) is 11.2 Å². The highest BCUT2D eigenvalue weighted by atomic mass is 16.7. The van der Waals surface area contributed by atoms with Gasteiger partial charge in [0.25, 0.3) is 5.91 Å². The lowest BCUT2D eigenvalue weighted by atomic mass is 9.90. The molecule has 0 aliphatic carbocycles. The third-order valence-electron chi connectivity index (χ3n) is 7.79. The first-order valence-electron chi connectivity index (χ1n) is 13.8. The summed E-state index contributed by atoms with van der Waals surface area (Å²) in [5.41, 5.74) is 5.70. The molecule has 0 atom stereocenters. The Morgan fingerprint density at radius 2 is 1.46 bits per heavy atom. The maximum Gasteiger partial charge on any atom is 0.260 e. The van der Waals surface area contributed by atoms with Crippen LogP contribution in [0.3, 0.4) is 0 Å². The van der Waals surface area contributed by atoms with Gasteiger partial charge < -0.3 is 19.1 Å². The van der Waals surface area contributed by atoms with Crippen molar-refractivity contribution in [1.29, 1.82) is 0 Å². The van der Waals surface area contributed by atoms with Gasteiger partial charge in [-0.05, 0) is 72.1 Å². The summed E-state index contributed by atoms with van der Waals surface area (Å²) in [6.45, 7) is 1.94. The van der Waals surface area contributed by atoms with Crippen molar-refractivity contribution in [3.8, 4) is 39.5 Å². The molecule has 2 aliphatic heterocycles. The summed E-state index contributed by atoms with van der Waals surface area (Å²) >= 11 is 0. The van der Waals surface area contributed by atoms with Crippen molar-refractivity contribution >= 4 is 5.91 Å². The van der Waals surface area contributed by atoms with Gasteiger partial charge >= 0.3 is 0 Å². The molecule has 0 spiro atoms. The van der Waals surface area contributed by atoms with Crippen LogP contribution in [0.25, 0.3) is 22.3 Å². The van der Waals surface area contributed by atoms with Crippen LogP contribution in [0.4, 0.5) is 0 Å². The quantitative estimate of drug-likeness (QED) is 0.252. The molecule has 0 unspecified atom stereocenters. The van der Waals surface area contributed by atoms with Crippen LogP contribution in [0.5, 0.6) is 17.2 Å². The molecule has 5 heteroatoms. The molecule has 0 aromatic heterocycles. The summed E-state index contributed by atoms with van der Waals surface area (Å²) in [6, 6.07) is 33.0. The Morgan fingerprint density at radius 1 is 0.769 bits per heavy atom. The lowest BCUT2D eigenvalue weighted by Gasteiger charge is -2.32. The molecule has 2 aliphatic rings. The average molecular weight is 520 g/mol. The highest BCUT2D eigenvalue weighted by Gasteiger charge is 2.23. The Balaban J connectivity index is 1.00. The molecule has 0 bridgehead atoms. The number of nitrogens with zero attached hydrogens (tertiary/aromatic N) is 1. The second-order valence-corrected chi connectivity index (χ2v) is 10.3. The minimum Gasteiger partial charge on any atom is -0.483 e. The monoisotopic (exact) mass is 519 g/mol. The maximum atomic E-state index is 13.0. The lowest BCUT2D eigenvalue weighted by Crippen LogP contribution is -2.41. The molecule has 39 heavy (non-hydrogen) atoms. The standard InChI is InChI=1S/C34H33NO4/c36-34(35-20-18-25(19-21-35)10-11-26-12-17-32-33(22-26)39-24-38-32)23-37-31-9-5-4-8-30(31)29-15-13-28(14-16-29)27-6-2-1-3-7-27/h1-9,12-17,22,25H,10-11,18-21,23-24H2. The van der Waals surface area contributed by atoms with Gasteiger partial charge in [0.2, 0.25) is 6.79 Å². The topological polar surface area (TPSA) is 48.0 Å². The number of hydrogen-bond donors (Lipinski definition) is 0. The zero-order valence-electron chi connectivity index (χ0n) is 22.1. The van der Waals surface area contributed by atoms with Crippen molar-refractivity contribution in [2.24, 2.45) is 5.92 Å². The minimum absolute atomic E-state index is 0.0541. The van der Waals surface area contributed by atoms with E-state index in [0.717, 1.165) is 67.1 Å². The van der Waals surface area contributed by atoms with E-state index in [9.17, 15) is 4.79 Å². The van der Waals surface area contributed by atoms with E-state index in [1.165, 1.54) is 16.7 Å². The predicted octanol–water partition coefficient (Wildman–Crippen LogP) is 7.00. The summed E-state index contributed by atoms with van der Waals surface area (Å²) in [7, 11) is 0. The molecule has 1 saturated heterocycles. The number of aryl methyl sites for hydroxylation is 1. The molecule has 1 fully saturated rings. The van der Waals surface area contributed by atoms with Gasteiger partial charge in [0.05, 0.1) is 0 Å².